The van der Waals surface area contributed by atoms with Gasteiger partial charge in [0.05, 0.1) is 24.2 Å². The van der Waals surface area contributed by atoms with Gasteiger partial charge in [-0.1, -0.05) is 17.7 Å². The van der Waals surface area contributed by atoms with Crippen LogP contribution in [0.2, 0.25) is 5.02 Å². The van der Waals surface area contributed by atoms with Crippen LogP contribution < -0.4 is 14.8 Å². The van der Waals surface area contributed by atoms with Gasteiger partial charge in [-0.25, -0.2) is 4.98 Å². The third-order valence-electron chi connectivity index (χ3n) is 2.88. The smallest absolute Gasteiger partial charge is 0.179 e. The normalized spacial score (nSPS) is 10.6. The number of benzene rings is 1. The number of hydrogen-bond donors (Lipinski definition) is 1. The van der Waals surface area contributed by atoms with Gasteiger partial charge in [-0.15, -0.1) is 11.3 Å². The fraction of sp³-hybridized carbons (Fsp3) is 0.357. The van der Waals surface area contributed by atoms with Gasteiger partial charge in [0.15, 0.2) is 11.5 Å². The van der Waals surface area contributed by atoms with Gasteiger partial charge in [-0.3, -0.25) is 0 Å². The second-order valence-electron chi connectivity index (χ2n) is 4.13. The van der Waals surface area contributed by atoms with E-state index in [1.54, 1.807) is 25.6 Å². The Morgan fingerprint density at radius 1 is 1.30 bits per heavy atom. The molecule has 0 radical (unpaired) electrons. The molecule has 1 aromatic carbocycles. The number of ether oxygens (including phenoxy) is 2. The molecule has 0 atom stereocenters. The van der Waals surface area contributed by atoms with Crippen LogP contribution in [0.5, 0.6) is 11.5 Å². The molecule has 0 spiro atoms. The fourth-order valence-corrected chi connectivity index (χ4v) is 2.78. The molecule has 2 rings (SSSR count). The average Bonchev–Trinajstić information content (AvgIpc) is 2.97. The Hall–Kier alpha value is -1.30. The van der Waals surface area contributed by atoms with Gasteiger partial charge >= 0.3 is 0 Å². The molecule has 1 aromatic heterocycles. The lowest BCUT2D eigenvalue weighted by Gasteiger charge is -2.13. The van der Waals surface area contributed by atoms with Gasteiger partial charge in [-0.05, 0) is 11.6 Å². The summed E-state index contributed by atoms with van der Waals surface area (Å²) < 4.78 is 10.5. The van der Waals surface area contributed by atoms with E-state index in [4.69, 9.17) is 21.1 Å². The van der Waals surface area contributed by atoms with Crippen LogP contribution >= 0.6 is 22.9 Å². The molecule has 1 N–H and O–H groups in total. The van der Waals surface area contributed by atoms with Gasteiger partial charge in [0, 0.05) is 31.1 Å². The molecule has 1 heterocycles. The predicted octanol–water partition coefficient (Wildman–Crippen LogP) is 3.15. The first-order valence-corrected chi connectivity index (χ1v) is 7.50. The highest BCUT2D eigenvalue weighted by molar-refractivity contribution is 7.09. The van der Waals surface area contributed by atoms with E-state index >= 15 is 0 Å². The lowest BCUT2D eigenvalue weighted by molar-refractivity contribution is 0.354. The van der Waals surface area contributed by atoms with Crippen LogP contribution in [-0.2, 0) is 13.0 Å². The molecule has 2 aromatic rings. The van der Waals surface area contributed by atoms with E-state index < -0.39 is 0 Å². The Bertz CT molecular complexity index is 546. The molecule has 108 valence electrons. The third-order valence-corrected chi connectivity index (χ3v) is 4.13. The molecule has 0 aliphatic carbocycles. The van der Waals surface area contributed by atoms with Gasteiger partial charge in [0.1, 0.15) is 0 Å². The molecule has 20 heavy (non-hydrogen) atoms. The number of nitrogens with zero attached hydrogens (tertiary/aromatic N) is 1. The molecule has 0 unspecified atom stereocenters. The number of hydrogen-bond acceptors (Lipinski definition) is 5. The number of nitrogens with one attached hydrogen (secondary N) is 1. The molecular formula is C14H17ClN2O2S. The van der Waals surface area contributed by atoms with E-state index in [1.165, 1.54) is 0 Å². The Labute approximate surface area is 127 Å². The van der Waals surface area contributed by atoms with Crippen molar-refractivity contribution in [2.24, 2.45) is 0 Å². The molecule has 0 aliphatic heterocycles. The summed E-state index contributed by atoms with van der Waals surface area (Å²) in [5.41, 5.74) is 0.989. The lowest BCUT2D eigenvalue weighted by Crippen LogP contribution is -2.17. The molecule has 0 amide bonds. The molecule has 0 fully saturated rings. The van der Waals surface area contributed by atoms with Crippen molar-refractivity contribution in [3.63, 3.8) is 0 Å². The standard InChI is InChI=1S/C14H17ClN2O2S/c1-18-11-4-3-10(13(15)14(11)19-2)9-16-6-5-12-17-7-8-20-12/h3-4,7-8,16H,5-6,9H2,1-2H3. The number of thiazole rings is 1. The molecule has 0 bridgehead atoms. The van der Waals surface area contributed by atoms with E-state index in [1.807, 2.05) is 23.7 Å². The molecule has 6 heteroatoms. The zero-order chi connectivity index (χ0) is 14.4. The Morgan fingerprint density at radius 3 is 2.80 bits per heavy atom. The minimum absolute atomic E-state index is 0.577. The van der Waals surface area contributed by atoms with Gasteiger partial charge < -0.3 is 14.8 Å². The highest BCUT2D eigenvalue weighted by Gasteiger charge is 2.12. The van der Waals surface area contributed by atoms with Crippen molar-refractivity contribution < 1.29 is 9.47 Å². The lowest BCUT2D eigenvalue weighted by atomic mass is 10.2. The maximum Gasteiger partial charge on any atom is 0.179 e. The largest absolute Gasteiger partial charge is 0.493 e. The van der Waals surface area contributed by atoms with Crippen molar-refractivity contribution >= 4 is 22.9 Å². The zero-order valence-corrected chi connectivity index (χ0v) is 13.1. The highest BCUT2D eigenvalue weighted by Crippen LogP contribution is 2.37. The molecular weight excluding hydrogens is 296 g/mol. The first kappa shape index (κ1) is 15.1. The van der Waals surface area contributed by atoms with Crippen molar-refractivity contribution in [1.29, 1.82) is 0 Å². The van der Waals surface area contributed by atoms with Crippen molar-refractivity contribution in [2.45, 2.75) is 13.0 Å². The van der Waals surface area contributed by atoms with Crippen molar-refractivity contribution in [1.82, 2.24) is 10.3 Å². The third kappa shape index (κ3) is 3.62. The van der Waals surface area contributed by atoms with Crippen LogP contribution in [-0.4, -0.2) is 25.7 Å². The maximum absolute atomic E-state index is 6.32. The van der Waals surface area contributed by atoms with Crippen molar-refractivity contribution in [3.8, 4) is 11.5 Å². The highest BCUT2D eigenvalue weighted by atomic mass is 35.5. The summed E-state index contributed by atoms with van der Waals surface area (Å²) in [7, 11) is 3.18. The second-order valence-corrected chi connectivity index (χ2v) is 5.48. The number of halogens is 1. The molecule has 0 saturated heterocycles. The van der Waals surface area contributed by atoms with E-state index in [2.05, 4.69) is 10.3 Å². The Morgan fingerprint density at radius 2 is 2.15 bits per heavy atom. The predicted molar refractivity (Wildman–Crippen MR) is 82.1 cm³/mol. The SMILES string of the molecule is COc1ccc(CNCCc2nccs2)c(Cl)c1OC. The Kier molecular flexibility index (Phi) is 5.64. The summed E-state index contributed by atoms with van der Waals surface area (Å²) >= 11 is 7.99. The zero-order valence-electron chi connectivity index (χ0n) is 11.5. The van der Waals surface area contributed by atoms with Gasteiger partial charge in [0.25, 0.3) is 0 Å². The monoisotopic (exact) mass is 312 g/mol. The second kappa shape index (κ2) is 7.47. The summed E-state index contributed by atoms with van der Waals surface area (Å²) in [4.78, 5) is 4.24. The van der Waals surface area contributed by atoms with E-state index in [0.717, 1.165) is 23.5 Å². The quantitative estimate of drug-likeness (QED) is 0.798. The summed E-state index contributed by atoms with van der Waals surface area (Å²) in [5.74, 6) is 1.22. The summed E-state index contributed by atoms with van der Waals surface area (Å²) in [6.45, 7) is 1.54. The summed E-state index contributed by atoms with van der Waals surface area (Å²) in [6, 6.07) is 3.81. The summed E-state index contributed by atoms with van der Waals surface area (Å²) in [6.07, 6.45) is 2.74. The van der Waals surface area contributed by atoms with Crippen molar-refractivity contribution in [2.75, 3.05) is 20.8 Å². The maximum atomic E-state index is 6.32. The van der Waals surface area contributed by atoms with Crippen LogP contribution in [0.1, 0.15) is 10.6 Å². The van der Waals surface area contributed by atoms with Crippen LogP contribution in [0.3, 0.4) is 0 Å². The number of methoxy groups -OCH3 is 2. The summed E-state index contributed by atoms with van der Waals surface area (Å²) in [5, 5.41) is 7.07. The van der Waals surface area contributed by atoms with E-state index in [0.29, 0.717) is 23.1 Å². The van der Waals surface area contributed by atoms with Crippen LogP contribution in [0, 0.1) is 0 Å². The number of rotatable bonds is 7. The minimum Gasteiger partial charge on any atom is -0.493 e. The van der Waals surface area contributed by atoms with Crippen LogP contribution in [0.25, 0.3) is 0 Å². The van der Waals surface area contributed by atoms with Crippen LogP contribution in [0.15, 0.2) is 23.7 Å². The molecule has 0 saturated carbocycles. The van der Waals surface area contributed by atoms with E-state index in [-0.39, 0.29) is 0 Å². The number of aromatic nitrogens is 1. The Balaban J connectivity index is 1.92. The fourth-order valence-electron chi connectivity index (χ4n) is 1.86. The van der Waals surface area contributed by atoms with Crippen LogP contribution in [0.4, 0.5) is 0 Å². The van der Waals surface area contributed by atoms with Crippen molar-refractivity contribution in [3.05, 3.63) is 39.3 Å². The van der Waals surface area contributed by atoms with Gasteiger partial charge in [0.2, 0.25) is 0 Å². The topological polar surface area (TPSA) is 43.4 Å². The van der Waals surface area contributed by atoms with E-state index in [9.17, 15) is 0 Å². The minimum atomic E-state index is 0.577. The first-order chi connectivity index (χ1) is 9.76. The molecule has 4 nitrogen and oxygen atoms in total. The van der Waals surface area contributed by atoms with Gasteiger partial charge in [-0.2, -0.15) is 0 Å². The average molecular weight is 313 g/mol. The molecule has 0 aliphatic rings. The first-order valence-electron chi connectivity index (χ1n) is 6.24.